The topological polar surface area (TPSA) is 38.9 Å². The van der Waals surface area contributed by atoms with Crippen molar-refractivity contribution in [2.24, 2.45) is 0 Å². The quantitative estimate of drug-likeness (QED) is 0.648. The minimum absolute atomic E-state index is 0.422. The summed E-state index contributed by atoms with van der Waals surface area (Å²) in [6, 6.07) is 9.75. The molecule has 0 aliphatic rings. The Hall–Kier alpha value is -1.39. The fourth-order valence-corrected chi connectivity index (χ4v) is 2.17. The van der Waals surface area contributed by atoms with Crippen LogP contribution in [-0.4, -0.2) is 10.2 Å². The van der Waals surface area contributed by atoms with Crippen LogP contribution in [0.2, 0.25) is 4.47 Å². The first-order chi connectivity index (χ1) is 7.33. The van der Waals surface area contributed by atoms with E-state index in [0.717, 1.165) is 11.0 Å². The number of furan rings is 1. The first kappa shape index (κ1) is 8.88. The molecule has 0 aliphatic carbocycles. The van der Waals surface area contributed by atoms with E-state index in [1.807, 2.05) is 30.3 Å². The number of hydrogen-bond donors (Lipinski definition) is 0. The number of para-hydroxylation sites is 1. The van der Waals surface area contributed by atoms with E-state index in [-0.39, 0.29) is 0 Å². The number of aromatic nitrogens is 2. The highest BCUT2D eigenvalue weighted by molar-refractivity contribution is 7.18. The van der Waals surface area contributed by atoms with Crippen LogP contribution in [0.5, 0.6) is 0 Å². The monoisotopic (exact) mass is 236 g/mol. The lowest BCUT2D eigenvalue weighted by Crippen LogP contribution is -1.70. The predicted molar refractivity (Wildman–Crippen MR) is 60.1 cm³/mol. The van der Waals surface area contributed by atoms with Gasteiger partial charge in [-0.1, -0.05) is 29.5 Å². The van der Waals surface area contributed by atoms with Crippen molar-refractivity contribution in [1.82, 2.24) is 10.2 Å². The van der Waals surface area contributed by atoms with Gasteiger partial charge in [-0.05, 0) is 23.7 Å². The summed E-state index contributed by atoms with van der Waals surface area (Å²) < 4.78 is 6.04. The molecule has 2 aromatic heterocycles. The van der Waals surface area contributed by atoms with E-state index in [4.69, 9.17) is 16.0 Å². The highest BCUT2D eigenvalue weighted by atomic mass is 35.5. The van der Waals surface area contributed by atoms with Crippen molar-refractivity contribution < 1.29 is 4.42 Å². The second-order valence-corrected chi connectivity index (χ2v) is 4.57. The molecular formula is C10H5ClN2OS. The minimum atomic E-state index is 0.422. The van der Waals surface area contributed by atoms with Crippen molar-refractivity contribution in [3.63, 3.8) is 0 Å². The van der Waals surface area contributed by atoms with Crippen LogP contribution in [0.4, 0.5) is 0 Å². The highest BCUT2D eigenvalue weighted by Gasteiger charge is 2.10. The molecule has 5 heteroatoms. The molecule has 0 aliphatic heterocycles. The lowest BCUT2D eigenvalue weighted by atomic mass is 10.2. The number of hydrogen-bond acceptors (Lipinski definition) is 4. The van der Waals surface area contributed by atoms with Crippen LogP contribution in [0.15, 0.2) is 34.7 Å². The first-order valence-electron chi connectivity index (χ1n) is 4.31. The number of halogens is 1. The van der Waals surface area contributed by atoms with Crippen molar-refractivity contribution >= 4 is 33.9 Å². The summed E-state index contributed by atoms with van der Waals surface area (Å²) in [7, 11) is 0. The number of benzene rings is 1. The Bertz CT molecular complexity index is 583. The smallest absolute Gasteiger partial charge is 0.207 e. The van der Waals surface area contributed by atoms with E-state index in [0.29, 0.717) is 15.2 Å². The molecule has 1 aromatic carbocycles. The summed E-state index contributed by atoms with van der Waals surface area (Å²) in [5, 5.41) is 9.42. The summed E-state index contributed by atoms with van der Waals surface area (Å²) in [4.78, 5) is 0. The zero-order chi connectivity index (χ0) is 10.3. The molecule has 15 heavy (non-hydrogen) atoms. The molecule has 2 heterocycles. The van der Waals surface area contributed by atoms with Crippen molar-refractivity contribution in [1.29, 1.82) is 0 Å². The SMILES string of the molecule is Clc1nnc(-c2cc3ccccc3o2)s1. The van der Waals surface area contributed by atoms with Crippen LogP contribution in [0.3, 0.4) is 0 Å². The summed E-state index contributed by atoms with van der Waals surface area (Å²) in [6.45, 7) is 0. The Kier molecular flexibility index (Phi) is 1.97. The van der Waals surface area contributed by atoms with Gasteiger partial charge in [0.1, 0.15) is 5.58 Å². The van der Waals surface area contributed by atoms with E-state index in [9.17, 15) is 0 Å². The summed E-state index contributed by atoms with van der Waals surface area (Å²) in [5.41, 5.74) is 0.846. The molecule has 0 spiro atoms. The van der Waals surface area contributed by atoms with E-state index < -0.39 is 0 Å². The predicted octanol–water partition coefficient (Wildman–Crippen LogP) is 3.60. The van der Waals surface area contributed by atoms with Gasteiger partial charge in [-0.2, -0.15) is 0 Å². The molecule has 0 saturated carbocycles. The van der Waals surface area contributed by atoms with Crippen LogP contribution in [0.1, 0.15) is 0 Å². The second kappa shape index (κ2) is 3.32. The van der Waals surface area contributed by atoms with Gasteiger partial charge in [0.2, 0.25) is 4.47 Å². The largest absolute Gasteiger partial charge is 0.453 e. The van der Waals surface area contributed by atoms with Crippen LogP contribution in [-0.2, 0) is 0 Å². The van der Waals surface area contributed by atoms with Gasteiger partial charge in [-0.25, -0.2) is 0 Å². The maximum atomic E-state index is 5.71. The van der Waals surface area contributed by atoms with E-state index in [2.05, 4.69) is 10.2 Å². The Morgan fingerprint density at radius 2 is 2.07 bits per heavy atom. The molecule has 0 saturated heterocycles. The molecular weight excluding hydrogens is 232 g/mol. The van der Waals surface area contributed by atoms with Crippen LogP contribution in [0, 0.1) is 0 Å². The third-order valence-corrected chi connectivity index (χ3v) is 3.07. The van der Waals surface area contributed by atoms with Gasteiger partial charge in [0, 0.05) is 5.39 Å². The van der Waals surface area contributed by atoms with Gasteiger partial charge in [0.25, 0.3) is 0 Å². The van der Waals surface area contributed by atoms with Crippen LogP contribution in [0.25, 0.3) is 21.7 Å². The zero-order valence-corrected chi connectivity index (χ0v) is 9.05. The third-order valence-electron chi connectivity index (χ3n) is 2.04. The van der Waals surface area contributed by atoms with E-state index in [1.165, 1.54) is 11.3 Å². The number of rotatable bonds is 1. The molecule has 0 radical (unpaired) electrons. The average molecular weight is 237 g/mol. The molecule has 0 N–H and O–H groups in total. The molecule has 74 valence electrons. The highest BCUT2D eigenvalue weighted by Crippen LogP contribution is 2.30. The molecule has 3 aromatic rings. The van der Waals surface area contributed by atoms with Gasteiger partial charge in [-0.15, -0.1) is 10.2 Å². The van der Waals surface area contributed by atoms with Crippen LogP contribution >= 0.6 is 22.9 Å². The van der Waals surface area contributed by atoms with Gasteiger partial charge < -0.3 is 4.42 Å². The maximum absolute atomic E-state index is 5.71. The Morgan fingerprint density at radius 3 is 2.80 bits per heavy atom. The van der Waals surface area contributed by atoms with Crippen molar-refractivity contribution in [2.45, 2.75) is 0 Å². The zero-order valence-electron chi connectivity index (χ0n) is 7.48. The standard InChI is InChI=1S/C10H5ClN2OS/c11-10-13-12-9(15-10)8-5-6-3-1-2-4-7(6)14-8/h1-5H. The minimum Gasteiger partial charge on any atom is -0.453 e. The Morgan fingerprint density at radius 1 is 1.20 bits per heavy atom. The molecule has 3 nitrogen and oxygen atoms in total. The second-order valence-electron chi connectivity index (χ2n) is 3.01. The van der Waals surface area contributed by atoms with E-state index in [1.54, 1.807) is 0 Å². The third kappa shape index (κ3) is 1.52. The Labute approximate surface area is 94.3 Å². The fourth-order valence-electron chi connectivity index (χ4n) is 1.39. The molecule has 0 atom stereocenters. The average Bonchev–Trinajstić information content (AvgIpc) is 2.82. The number of fused-ring (bicyclic) bond motifs is 1. The first-order valence-corrected chi connectivity index (χ1v) is 5.50. The van der Waals surface area contributed by atoms with Gasteiger partial charge in [-0.3, -0.25) is 0 Å². The Balaban J connectivity index is 2.19. The lowest BCUT2D eigenvalue weighted by molar-refractivity contribution is 0.630. The van der Waals surface area contributed by atoms with E-state index >= 15 is 0 Å². The molecule has 3 rings (SSSR count). The van der Waals surface area contributed by atoms with Crippen molar-refractivity contribution in [3.05, 3.63) is 34.8 Å². The lowest BCUT2D eigenvalue weighted by Gasteiger charge is -1.84. The van der Waals surface area contributed by atoms with Crippen molar-refractivity contribution in [2.75, 3.05) is 0 Å². The molecule has 0 amide bonds. The summed E-state index contributed by atoms with van der Waals surface area (Å²) >= 11 is 7.02. The van der Waals surface area contributed by atoms with Crippen molar-refractivity contribution in [3.8, 4) is 10.8 Å². The van der Waals surface area contributed by atoms with Gasteiger partial charge in [0.05, 0.1) is 0 Å². The van der Waals surface area contributed by atoms with Gasteiger partial charge >= 0.3 is 0 Å². The summed E-state index contributed by atoms with van der Waals surface area (Å²) in [5.74, 6) is 0.709. The summed E-state index contributed by atoms with van der Waals surface area (Å²) in [6.07, 6.45) is 0. The fraction of sp³-hybridized carbons (Fsp3) is 0. The molecule has 0 unspecified atom stereocenters. The van der Waals surface area contributed by atoms with Gasteiger partial charge in [0.15, 0.2) is 10.8 Å². The van der Waals surface area contributed by atoms with Crippen LogP contribution < -0.4 is 0 Å². The molecule has 0 fully saturated rings. The number of nitrogens with zero attached hydrogens (tertiary/aromatic N) is 2. The maximum Gasteiger partial charge on any atom is 0.207 e. The normalized spacial score (nSPS) is 11.0. The molecule has 0 bridgehead atoms.